The number of aryl methyl sites for hydroxylation is 1. The van der Waals surface area contributed by atoms with Crippen LogP contribution in [0.25, 0.3) is 0 Å². The molecule has 3 rings (SSSR count). The number of amides is 1. The number of rotatable bonds is 2. The van der Waals surface area contributed by atoms with Crippen LogP contribution in [0.15, 0.2) is 12.1 Å². The average molecular weight is 259 g/mol. The van der Waals surface area contributed by atoms with Crippen LogP contribution in [0.4, 0.5) is 17.1 Å². The van der Waals surface area contributed by atoms with E-state index in [2.05, 4.69) is 23.6 Å². The van der Waals surface area contributed by atoms with Crippen LogP contribution in [-0.2, 0) is 11.2 Å². The Bertz CT molecular complexity index is 512. The van der Waals surface area contributed by atoms with Crippen LogP contribution in [0.5, 0.6) is 0 Å². The standard InChI is InChI=1S/C15H21N3O/c1-9-2-4-11(6-9)17-14-7-10-3-5-15(19)18-13(10)8-12(14)16/h7-9,11,17H,2-6,16H2,1H3,(H,18,19). The summed E-state index contributed by atoms with van der Waals surface area (Å²) in [6.07, 6.45) is 5.09. The number of anilines is 3. The Balaban J connectivity index is 1.80. The van der Waals surface area contributed by atoms with Crippen molar-refractivity contribution in [3.05, 3.63) is 17.7 Å². The van der Waals surface area contributed by atoms with Gasteiger partial charge in [-0.1, -0.05) is 6.92 Å². The lowest BCUT2D eigenvalue weighted by atomic mass is 10.0. The molecule has 1 saturated carbocycles. The van der Waals surface area contributed by atoms with Gasteiger partial charge in [0.15, 0.2) is 0 Å². The quantitative estimate of drug-likeness (QED) is 0.715. The van der Waals surface area contributed by atoms with Gasteiger partial charge in [0.05, 0.1) is 11.4 Å². The van der Waals surface area contributed by atoms with Crippen LogP contribution in [0, 0.1) is 5.92 Å². The molecule has 0 saturated heterocycles. The Morgan fingerprint density at radius 1 is 1.32 bits per heavy atom. The first-order valence-corrected chi connectivity index (χ1v) is 7.10. The SMILES string of the molecule is CC1CCC(Nc2cc3c(cc2N)NC(=O)CC3)C1. The number of hydrogen-bond donors (Lipinski definition) is 3. The fourth-order valence-electron chi connectivity index (χ4n) is 3.13. The van der Waals surface area contributed by atoms with Crippen LogP contribution < -0.4 is 16.4 Å². The van der Waals surface area contributed by atoms with Crippen molar-refractivity contribution < 1.29 is 4.79 Å². The molecule has 4 nitrogen and oxygen atoms in total. The van der Waals surface area contributed by atoms with Gasteiger partial charge in [0, 0.05) is 18.2 Å². The molecule has 1 aliphatic heterocycles. The molecule has 2 unspecified atom stereocenters. The molecule has 0 bridgehead atoms. The summed E-state index contributed by atoms with van der Waals surface area (Å²) >= 11 is 0. The van der Waals surface area contributed by atoms with Crippen LogP contribution in [0.3, 0.4) is 0 Å². The summed E-state index contributed by atoms with van der Waals surface area (Å²) in [5.74, 6) is 0.882. The zero-order valence-electron chi connectivity index (χ0n) is 11.3. The lowest BCUT2D eigenvalue weighted by Gasteiger charge is -2.21. The molecule has 1 aromatic carbocycles. The minimum atomic E-state index is 0.0808. The summed E-state index contributed by atoms with van der Waals surface area (Å²) in [6.45, 7) is 2.30. The molecule has 1 heterocycles. The second-order valence-electron chi connectivity index (χ2n) is 5.90. The van der Waals surface area contributed by atoms with E-state index < -0.39 is 0 Å². The van der Waals surface area contributed by atoms with Gasteiger partial charge in [-0.3, -0.25) is 4.79 Å². The Hall–Kier alpha value is -1.71. The van der Waals surface area contributed by atoms with E-state index in [1.165, 1.54) is 24.8 Å². The molecule has 1 aromatic rings. The highest BCUT2D eigenvalue weighted by Crippen LogP contribution is 2.34. The predicted molar refractivity (Wildman–Crippen MR) is 78.2 cm³/mol. The second kappa shape index (κ2) is 4.76. The predicted octanol–water partition coefficient (Wildman–Crippen LogP) is 2.75. The second-order valence-corrected chi connectivity index (χ2v) is 5.90. The van der Waals surface area contributed by atoms with Gasteiger partial charge in [0.2, 0.25) is 5.91 Å². The minimum Gasteiger partial charge on any atom is -0.397 e. The van der Waals surface area contributed by atoms with Gasteiger partial charge in [-0.05, 0) is 49.3 Å². The van der Waals surface area contributed by atoms with Gasteiger partial charge in [-0.2, -0.15) is 0 Å². The van der Waals surface area contributed by atoms with Crippen molar-refractivity contribution in [2.45, 2.75) is 45.1 Å². The number of carbonyl (C=O) groups is 1. The van der Waals surface area contributed by atoms with Crippen LogP contribution in [-0.4, -0.2) is 11.9 Å². The third-order valence-corrected chi connectivity index (χ3v) is 4.23. The van der Waals surface area contributed by atoms with Gasteiger partial charge in [-0.25, -0.2) is 0 Å². The maximum Gasteiger partial charge on any atom is 0.224 e. The molecule has 1 amide bonds. The van der Waals surface area contributed by atoms with Gasteiger partial charge >= 0.3 is 0 Å². The number of carbonyl (C=O) groups excluding carboxylic acids is 1. The van der Waals surface area contributed by atoms with E-state index in [1.807, 2.05) is 6.07 Å². The molecule has 4 heteroatoms. The topological polar surface area (TPSA) is 67.2 Å². The Morgan fingerprint density at radius 2 is 2.16 bits per heavy atom. The molecule has 0 aromatic heterocycles. The molecule has 0 radical (unpaired) electrons. The van der Waals surface area contributed by atoms with Crippen molar-refractivity contribution in [1.82, 2.24) is 0 Å². The molecule has 4 N–H and O–H groups in total. The number of fused-ring (bicyclic) bond motifs is 1. The Labute approximate surface area is 113 Å². The average Bonchev–Trinajstić information content (AvgIpc) is 2.76. The van der Waals surface area contributed by atoms with E-state index >= 15 is 0 Å². The zero-order valence-corrected chi connectivity index (χ0v) is 11.3. The summed E-state index contributed by atoms with van der Waals surface area (Å²) in [4.78, 5) is 11.4. The number of hydrogen-bond acceptors (Lipinski definition) is 3. The summed E-state index contributed by atoms with van der Waals surface area (Å²) in [5, 5.41) is 6.45. The smallest absolute Gasteiger partial charge is 0.224 e. The van der Waals surface area contributed by atoms with Crippen LogP contribution in [0.1, 0.15) is 38.2 Å². The fourth-order valence-corrected chi connectivity index (χ4v) is 3.13. The van der Waals surface area contributed by atoms with Gasteiger partial charge in [-0.15, -0.1) is 0 Å². The summed E-state index contributed by atoms with van der Waals surface area (Å²) in [5.41, 5.74) is 9.89. The molecule has 0 spiro atoms. The van der Waals surface area contributed by atoms with Gasteiger partial charge in [0.1, 0.15) is 0 Å². The normalized spacial score (nSPS) is 25.8. The van der Waals surface area contributed by atoms with E-state index in [4.69, 9.17) is 5.73 Å². The third-order valence-electron chi connectivity index (χ3n) is 4.23. The number of nitrogens with one attached hydrogen (secondary N) is 2. The highest BCUT2D eigenvalue weighted by molar-refractivity contribution is 5.95. The van der Waals surface area contributed by atoms with E-state index in [0.717, 1.165) is 29.4 Å². The zero-order chi connectivity index (χ0) is 13.4. The summed E-state index contributed by atoms with van der Waals surface area (Å²) < 4.78 is 0. The van der Waals surface area contributed by atoms with Crippen LogP contribution >= 0.6 is 0 Å². The summed E-state index contributed by atoms with van der Waals surface area (Å²) in [6, 6.07) is 4.52. The first kappa shape index (κ1) is 12.3. The highest BCUT2D eigenvalue weighted by Gasteiger charge is 2.23. The third kappa shape index (κ3) is 2.53. The van der Waals surface area contributed by atoms with E-state index in [9.17, 15) is 4.79 Å². The van der Waals surface area contributed by atoms with Gasteiger partial charge in [0.25, 0.3) is 0 Å². The van der Waals surface area contributed by atoms with E-state index in [1.54, 1.807) is 0 Å². The fraction of sp³-hybridized carbons (Fsp3) is 0.533. The lowest BCUT2D eigenvalue weighted by molar-refractivity contribution is -0.116. The molecule has 2 aliphatic rings. The molecular weight excluding hydrogens is 238 g/mol. The van der Waals surface area contributed by atoms with Crippen molar-refractivity contribution in [2.24, 2.45) is 5.92 Å². The maximum absolute atomic E-state index is 11.4. The molecule has 2 atom stereocenters. The molecule has 19 heavy (non-hydrogen) atoms. The minimum absolute atomic E-state index is 0.0808. The number of nitrogens with two attached hydrogens (primary N) is 1. The maximum atomic E-state index is 11.4. The van der Waals surface area contributed by atoms with Crippen molar-refractivity contribution in [3.8, 4) is 0 Å². The molecule has 1 fully saturated rings. The van der Waals surface area contributed by atoms with Gasteiger partial charge < -0.3 is 16.4 Å². The van der Waals surface area contributed by atoms with Crippen molar-refractivity contribution in [1.29, 1.82) is 0 Å². The van der Waals surface area contributed by atoms with Crippen molar-refractivity contribution in [3.63, 3.8) is 0 Å². The Morgan fingerprint density at radius 3 is 2.89 bits per heavy atom. The largest absolute Gasteiger partial charge is 0.397 e. The van der Waals surface area contributed by atoms with Crippen molar-refractivity contribution in [2.75, 3.05) is 16.4 Å². The lowest BCUT2D eigenvalue weighted by Crippen LogP contribution is -2.21. The number of benzene rings is 1. The van der Waals surface area contributed by atoms with Crippen molar-refractivity contribution >= 4 is 23.0 Å². The molecular formula is C15H21N3O. The number of nitrogen functional groups attached to an aromatic ring is 1. The van der Waals surface area contributed by atoms with E-state index in [0.29, 0.717) is 12.5 Å². The first-order chi connectivity index (χ1) is 9.11. The summed E-state index contributed by atoms with van der Waals surface area (Å²) in [7, 11) is 0. The molecule has 1 aliphatic carbocycles. The Kier molecular flexibility index (Phi) is 3.09. The highest BCUT2D eigenvalue weighted by atomic mass is 16.1. The van der Waals surface area contributed by atoms with Crippen LogP contribution in [0.2, 0.25) is 0 Å². The van der Waals surface area contributed by atoms with E-state index in [-0.39, 0.29) is 5.91 Å². The monoisotopic (exact) mass is 259 g/mol. The first-order valence-electron chi connectivity index (χ1n) is 7.10. The molecule has 102 valence electrons.